The molecule has 2 aliphatic rings. The Morgan fingerprint density at radius 1 is 1.12 bits per heavy atom. The average molecular weight is 648 g/mol. The van der Waals surface area contributed by atoms with Gasteiger partial charge >= 0.3 is 0 Å². The van der Waals surface area contributed by atoms with Crippen molar-refractivity contribution < 1.29 is 4.79 Å². The minimum absolute atomic E-state index is 0.0349. The third kappa shape index (κ3) is 6.62. The molecule has 42 heavy (non-hydrogen) atoms. The van der Waals surface area contributed by atoms with Crippen molar-refractivity contribution in [2.24, 2.45) is 0 Å². The van der Waals surface area contributed by atoms with Crippen molar-refractivity contribution in [3.05, 3.63) is 116 Å². The van der Waals surface area contributed by atoms with Gasteiger partial charge in [-0.05, 0) is 82.6 Å². The van der Waals surface area contributed by atoms with E-state index < -0.39 is 0 Å². The van der Waals surface area contributed by atoms with Gasteiger partial charge in [-0.2, -0.15) is 0 Å². The van der Waals surface area contributed by atoms with Crippen molar-refractivity contribution >= 4 is 33.4 Å². The van der Waals surface area contributed by atoms with Gasteiger partial charge in [0.15, 0.2) is 0 Å². The van der Waals surface area contributed by atoms with E-state index in [-0.39, 0.29) is 18.0 Å². The van der Waals surface area contributed by atoms with Gasteiger partial charge < -0.3 is 14.8 Å². The number of hydrogen-bond acceptors (Lipinski definition) is 5. The largest absolute Gasteiger partial charge is 0.337 e. The fraction of sp³-hybridized carbons (Fsp3) is 0.364. The Bertz CT molecular complexity index is 1490. The van der Waals surface area contributed by atoms with Crippen LogP contribution in [0.1, 0.15) is 46.1 Å². The molecule has 218 valence electrons. The van der Waals surface area contributed by atoms with Crippen molar-refractivity contribution in [1.29, 1.82) is 0 Å². The molecular formula is C33H36BrClN6O. The summed E-state index contributed by atoms with van der Waals surface area (Å²) >= 11 is 10.1. The highest BCUT2D eigenvalue weighted by molar-refractivity contribution is 9.10. The Labute approximate surface area is 261 Å². The van der Waals surface area contributed by atoms with E-state index in [9.17, 15) is 4.79 Å². The van der Waals surface area contributed by atoms with E-state index in [0.29, 0.717) is 19.6 Å². The maximum absolute atomic E-state index is 14.2. The highest BCUT2D eigenvalue weighted by Crippen LogP contribution is 2.38. The van der Waals surface area contributed by atoms with Crippen molar-refractivity contribution in [1.82, 2.24) is 29.7 Å². The SMILES string of the molecule is Cc1cn(CCCN(Cc2ccccc2)C(=O)[C@H]2CN([C@H]3c4ccc(Cl)cc4CCc4cc(Br)cnc43)CCN2)cn1. The Morgan fingerprint density at radius 2 is 1.95 bits per heavy atom. The number of halogens is 2. The van der Waals surface area contributed by atoms with E-state index in [2.05, 4.69) is 66.0 Å². The van der Waals surface area contributed by atoms with Gasteiger partial charge in [-0.25, -0.2) is 4.98 Å². The first-order valence-electron chi connectivity index (χ1n) is 14.7. The van der Waals surface area contributed by atoms with E-state index in [1.165, 1.54) is 16.7 Å². The lowest BCUT2D eigenvalue weighted by atomic mass is 9.95. The highest BCUT2D eigenvalue weighted by atomic mass is 79.9. The fourth-order valence-corrected chi connectivity index (χ4v) is 6.86. The summed E-state index contributed by atoms with van der Waals surface area (Å²) in [5.41, 5.74) is 6.94. The number of imidazole rings is 1. The number of benzene rings is 2. The molecule has 0 saturated carbocycles. The smallest absolute Gasteiger partial charge is 0.241 e. The number of nitrogens with one attached hydrogen (secondary N) is 1. The van der Waals surface area contributed by atoms with Gasteiger partial charge in [-0.15, -0.1) is 0 Å². The van der Waals surface area contributed by atoms with Crippen molar-refractivity contribution in [2.75, 3.05) is 26.2 Å². The van der Waals surface area contributed by atoms with Crippen LogP contribution in [0.2, 0.25) is 5.02 Å². The normalized spacial score (nSPS) is 18.6. The number of hydrogen-bond donors (Lipinski definition) is 1. The Kier molecular flexibility index (Phi) is 9.05. The zero-order valence-electron chi connectivity index (χ0n) is 23.8. The van der Waals surface area contributed by atoms with Crippen LogP contribution in [0.15, 0.2) is 77.8 Å². The molecule has 2 atom stereocenters. The van der Waals surface area contributed by atoms with Crippen LogP contribution < -0.4 is 5.32 Å². The van der Waals surface area contributed by atoms with Gasteiger partial charge in [0.25, 0.3) is 0 Å². The third-order valence-electron chi connectivity index (χ3n) is 8.30. The average Bonchev–Trinajstić information content (AvgIpc) is 3.35. The van der Waals surface area contributed by atoms with Crippen LogP contribution in [-0.4, -0.2) is 62.5 Å². The van der Waals surface area contributed by atoms with Crippen LogP contribution in [0.3, 0.4) is 0 Å². The molecule has 0 bridgehead atoms. The van der Waals surface area contributed by atoms with Crippen LogP contribution in [0.4, 0.5) is 0 Å². The van der Waals surface area contributed by atoms with E-state index >= 15 is 0 Å². The maximum atomic E-state index is 14.2. The van der Waals surface area contributed by atoms with Crippen LogP contribution in [0.5, 0.6) is 0 Å². The molecular weight excluding hydrogens is 612 g/mol. The van der Waals surface area contributed by atoms with Gasteiger partial charge in [0.1, 0.15) is 0 Å². The summed E-state index contributed by atoms with van der Waals surface area (Å²) in [6.07, 6.45) is 8.47. The molecule has 2 aromatic carbocycles. The van der Waals surface area contributed by atoms with E-state index in [0.717, 1.165) is 65.3 Å². The quantitative estimate of drug-likeness (QED) is 0.271. The topological polar surface area (TPSA) is 66.3 Å². The van der Waals surface area contributed by atoms with Crippen LogP contribution in [0.25, 0.3) is 0 Å². The van der Waals surface area contributed by atoms with Crippen LogP contribution in [-0.2, 0) is 30.7 Å². The third-order valence-corrected chi connectivity index (χ3v) is 8.96. The Balaban J connectivity index is 1.25. The molecule has 0 unspecified atom stereocenters. The zero-order chi connectivity index (χ0) is 29.1. The molecule has 1 amide bonds. The molecule has 1 N–H and O–H groups in total. The second-order valence-electron chi connectivity index (χ2n) is 11.3. The second kappa shape index (κ2) is 13.1. The standard InChI is InChI=1S/C33H36BrClN6O/c1-23-19-39(22-38-23)13-5-14-41(20-24-6-3-2-4-7-24)33(42)30-21-40(15-12-36-30)32-29-11-10-28(35)17-25(29)8-9-26-16-27(34)18-37-31(26)32/h2-4,6-7,10-11,16-19,22,30,32,36H,5,8-9,12-15,20-21H2,1H3/t30-,32+/m1/s1. The fourth-order valence-electron chi connectivity index (χ4n) is 6.28. The first-order valence-corrected chi connectivity index (χ1v) is 15.8. The summed E-state index contributed by atoms with van der Waals surface area (Å²) in [5, 5.41) is 4.30. The number of amides is 1. The molecule has 4 aromatic rings. The molecule has 9 heteroatoms. The molecule has 3 heterocycles. The van der Waals surface area contributed by atoms with Gasteiger partial charge in [-0.3, -0.25) is 14.7 Å². The van der Waals surface area contributed by atoms with Crippen molar-refractivity contribution in [3.8, 4) is 0 Å². The van der Waals surface area contributed by atoms with Crippen LogP contribution >= 0.6 is 27.5 Å². The number of nitrogens with zero attached hydrogens (tertiary/aromatic N) is 5. The lowest BCUT2D eigenvalue weighted by Crippen LogP contribution is -2.58. The predicted octanol–water partition coefficient (Wildman–Crippen LogP) is 5.58. The molecule has 0 radical (unpaired) electrons. The number of piperazine rings is 1. The number of rotatable bonds is 8. The van der Waals surface area contributed by atoms with Gasteiger partial charge in [0.2, 0.25) is 5.91 Å². The minimum atomic E-state index is -0.309. The number of carbonyl (C=O) groups is 1. The van der Waals surface area contributed by atoms with Gasteiger partial charge in [-0.1, -0.05) is 48.0 Å². The van der Waals surface area contributed by atoms with E-state index in [4.69, 9.17) is 16.6 Å². The molecule has 2 aromatic heterocycles. The van der Waals surface area contributed by atoms with Gasteiger partial charge in [0, 0.05) is 61.2 Å². The number of fused-ring (bicyclic) bond motifs is 2. The summed E-state index contributed by atoms with van der Waals surface area (Å²) in [7, 11) is 0. The first-order chi connectivity index (χ1) is 20.4. The summed E-state index contributed by atoms with van der Waals surface area (Å²) in [6, 6.07) is 18.3. The molecule has 0 spiro atoms. The lowest BCUT2D eigenvalue weighted by molar-refractivity contribution is -0.135. The Morgan fingerprint density at radius 3 is 2.76 bits per heavy atom. The maximum Gasteiger partial charge on any atom is 0.241 e. The van der Waals surface area contributed by atoms with Gasteiger partial charge in [0.05, 0.1) is 29.8 Å². The number of aryl methyl sites for hydroxylation is 4. The summed E-state index contributed by atoms with van der Waals surface area (Å²) in [5.74, 6) is 0.138. The number of carbonyl (C=O) groups excluding carboxylic acids is 1. The first kappa shape index (κ1) is 29.1. The number of aromatic nitrogens is 3. The Hall–Kier alpha value is -3.04. The molecule has 1 saturated heterocycles. The van der Waals surface area contributed by atoms with E-state index in [1.54, 1.807) is 0 Å². The second-order valence-corrected chi connectivity index (χ2v) is 12.6. The van der Waals surface area contributed by atoms with Crippen LogP contribution in [0, 0.1) is 6.92 Å². The number of pyridine rings is 1. The molecule has 1 aliphatic heterocycles. The molecule has 6 rings (SSSR count). The lowest BCUT2D eigenvalue weighted by Gasteiger charge is -2.40. The summed E-state index contributed by atoms with van der Waals surface area (Å²) < 4.78 is 3.08. The molecule has 1 aliphatic carbocycles. The van der Waals surface area contributed by atoms with Crippen molar-refractivity contribution in [2.45, 2.75) is 51.4 Å². The van der Waals surface area contributed by atoms with E-state index in [1.807, 2.05) is 54.8 Å². The monoisotopic (exact) mass is 646 g/mol. The van der Waals surface area contributed by atoms with Crippen molar-refractivity contribution in [3.63, 3.8) is 0 Å². The summed E-state index contributed by atoms with van der Waals surface area (Å²) in [4.78, 5) is 27.9. The zero-order valence-corrected chi connectivity index (χ0v) is 26.2. The summed E-state index contributed by atoms with van der Waals surface area (Å²) in [6.45, 7) is 6.24. The predicted molar refractivity (Wildman–Crippen MR) is 169 cm³/mol. The molecule has 1 fully saturated rings. The highest BCUT2D eigenvalue weighted by Gasteiger charge is 2.36. The minimum Gasteiger partial charge on any atom is -0.337 e. The molecule has 7 nitrogen and oxygen atoms in total.